The van der Waals surface area contributed by atoms with Crippen LogP contribution in [0, 0.1) is 6.92 Å². The maximum Gasteiger partial charge on any atom is 0.410 e. The number of rotatable bonds is 5. The minimum Gasteiger partial charge on any atom is -0.436 e. The maximum absolute atomic E-state index is 13.9. The molecule has 0 bridgehead atoms. The summed E-state index contributed by atoms with van der Waals surface area (Å²) < 4.78 is 6.04. The molecule has 1 atom stereocenters. The third kappa shape index (κ3) is 6.20. The van der Waals surface area contributed by atoms with Crippen LogP contribution in [0.5, 0.6) is 0 Å². The summed E-state index contributed by atoms with van der Waals surface area (Å²) in [7, 11) is 0. The number of carbonyl (C=O) groups is 3. The molecule has 10 heteroatoms. The Hall–Kier alpha value is -3.30. The zero-order valence-corrected chi connectivity index (χ0v) is 25.7. The molecule has 2 aromatic carbocycles. The molecule has 2 aromatic rings. The van der Waals surface area contributed by atoms with Crippen molar-refractivity contribution in [3.63, 3.8) is 0 Å². The Bertz CT molecular complexity index is 1350. The number of nitrogens with two attached hydrogens (primary N) is 1. The van der Waals surface area contributed by atoms with Crippen molar-refractivity contribution < 1.29 is 19.1 Å². The number of likely N-dealkylation sites (tertiary alicyclic amines) is 3. The van der Waals surface area contributed by atoms with Crippen LogP contribution >= 0.6 is 11.6 Å². The van der Waals surface area contributed by atoms with Crippen LogP contribution < -0.4 is 11.1 Å². The highest BCUT2D eigenvalue weighted by atomic mass is 35.5. The van der Waals surface area contributed by atoms with Gasteiger partial charge in [-0.3, -0.25) is 9.59 Å². The van der Waals surface area contributed by atoms with E-state index in [0.717, 1.165) is 48.3 Å². The monoisotopic (exact) mass is 607 g/mol. The van der Waals surface area contributed by atoms with Crippen LogP contribution in [-0.4, -0.2) is 84.0 Å². The van der Waals surface area contributed by atoms with Crippen LogP contribution in [0.25, 0.3) is 0 Å². The summed E-state index contributed by atoms with van der Waals surface area (Å²) in [5, 5.41) is 3.41. The second kappa shape index (κ2) is 12.4. The van der Waals surface area contributed by atoms with Gasteiger partial charge in [-0.25, -0.2) is 4.79 Å². The van der Waals surface area contributed by atoms with E-state index in [1.807, 2.05) is 36.1 Å². The molecule has 3 amide bonds. The van der Waals surface area contributed by atoms with Gasteiger partial charge in [0.05, 0.1) is 10.7 Å². The van der Waals surface area contributed by atoms with E-state index in [0.29, 0.717) is 62.2 Å². The fourth-order valence-electron chi connectivity index (χ4n) is 7.51. The minimum absolute atomic E-state index is 0.00587. The fourth-order valence-corrected chi connectivity index (χ4v) is 7.80. The molecule has 3 saturated heterocycles. The fraction of sp³-hybridized carbons (Fsp3) is 0.545. The summed E-state index contributed by atoms with van der Waals surface area (Å²) in [5.74, 6) is -0.156. The lowest BCUT2D eigenvalue weighted by Gasteiger charge is -2.44. The van der Waals surface area contributed by atoms with E-state index in [1.165, 1.54) is 12.8 Å². The highest BCUT2D eigenvalue weighted by Gasteiger charge is 2.44. The number of nitrogens with one attached hydrogen (secondary N) is 1. The van der Waals surface area contributed by atoms with Crippen LogP contribution in [0.1, 0.15) is 61.6 Å². The molecule has 43 heavy (non-hydrogen) atoms. The number of fused-ring (bicyclic) bond motifs is 2. The molecule has 0 unspecified atom stereocenters. The van der Waals surface area contributed by atoms with Crippen molar-refractivity contribution in [1.82, 2.24) is 14.7 Å². The summed E-state index contributed by atoms with van der Waals surface area (Å²) in [5.41, 5.74) is 9.88. The van der Waals surface area contributed by atoms with Crippen molar-refractivity contribution >= 4 is 40.9 Å². The third-order valence-electron chi connectivity index (χ3n) is 10.0. The first-order chi connectivity index (χ1) is 20.7. The number of carbonyl (C=O) groups excluding carboxylic acids is 3. The van der Waals surface area contributed by atoms with Gasteiger partial charge in [0.2, 0.25) is 5.91 Å². The number of benzene rings is 2. The smallest absolute Gasteiger partial charge is 0.410 e. The Morgan fingerprint density at radius 3 is 2.44 bits per heavy atom. The number of piperidine rings is 2. The predicted octanol–water partition coefficient (Wildman–Crippen LogP) is 4.74. The first-order valence-corrected chi connectivity index (χ1v) is 16.0. The number of amides is 3. The third-order valence-corrected chi connectivity index (χ3v) is 10.3. The molecule has 4 heterocycles. The van der Waals surface area contributed by atoms with Gasteiger partial charge in [-0.05, 0) is 87.4 Å². The molecule has 4 aliphatic heterocycles. The number of nitrogen functional groups attached to an aromatic ring is 1. The van der Waals surface area contributed by atoms with Gasteiger partial charge in [-0.15, -0.1) is 0 Å². The first kappa shape index (κ1) is 29.8. The minimum atomic E-state index is -0.966. The number of aryl methyl sites for hydroxylation is 1. The number of hydrogen-bond donors (Lipinski definition) is 2. The van der Waals surface area contributed by atoms with Crippen molar-refractivity contribution in [3.8, 4) is 0 Å². The summed E-state index contributed by atoms with van der Waals surface area (Å²) in [4.78, 5) is 46.1. The molecule has 0 aliphatic carbocycles. The van der Waals surface area contributed by atoms with E-state index in [4.69, 9.17) is 22.1 Å². The number of nitrogens with zero attached hydrogens (tertiary/aromatic N) is 3. The number of para-hydroxylation sites is 1. The molecule has 4 aliphatic rings. The Balaban J connectivity index is 1.15. The van der Waals surface area contributed by atoms with Crippen molar-refractivity contribution in [2.45, 2.75) is 75.9 Å². The van der Waals surface area contributed by atoms with Gasteiger partial charge in [0.1, 0.15) is 0 Å². The van der Waals surface area contributed by atoms with E-state index in [2.05, 4.69) is 16.3 Å². The molecule has 0 radical (unpaired) electrons. The second-order valence-corrected chi connectivity index (χ2v) is 13.1. The van der Waals surface area contributed by atoms with Crippen LogP contribution in [0.2, 0.25) is 5.02 Å². The van der Waals surface area contributed by atoms with E-state index in [1.54, 1.807) is 11.0 Å². The number of halogens is 1. The molecule has 0 aromatic heterocycles. The van der Waals surface area contributed by atoms with E-state index in [9.17, 15) is 14.4 Å². The number of anilines is 2. The normalized spacial score (nSPS) is 21.4. The Morgan fingerprint density at radius 2 is 1.74 bits per heavy atom. The molecule has 6 rings (SSSR count). The van der Waals surface area contributed by atoms with Crippen LogP contribution in [0.15, 0.2) is 36.4 Å². The lowest BCUT2D eigenvalue weighted by Crippen LogP contribution is -2.52. The van der Waals surface area contributed by atoms with Gasteiger partial charge < -0.3 is 30.5 Å². The van der Waals surface area contributed by atoms with Crippen LogP contribution in [-0.2, 0) is 26.2 Å². The standard InChI is InChI=1S/C33H42ClN5O4/c1-22-18-23(19-26(34)30(22)35)20-28(31(41)38-14-8-24(9-15-38)37-12-4-5-13-37)43-32(42)39-16-10-33(11-17-39)21-29(40)36-27-7-3-2-6-25(27)33/h2-3,6-7,18-19,24,28H,4-5,8-17,20-21,35H2,1H3,(H,36,40)/t28-/m1/s1. The molecular weight excluding hydrogens is 566 g/mol. The van der Waals surface area contributed by atoms with E-state index in [-0.39, 0.29) is 23.7 Å². The average Bonchev–Trinajstić information content (AvgIpc) is 3.55. The quantitative estimate of drug-likeness (QED) is 0.476. The van der Waals surface area contributed by atoms with Crippen LogP contribution in [0.3, 0.4) is 0 Å². The predicted molar refractivity (Wildman–Crippen MR) is 167 cm³/mol. The van der Waals surface area contributed by atoms with E-state index >= 15 is 0 Å². The van der Waals surface area contributed by atoms with Gasteiger partial charge in [0, 0.05) is 56.2 Å². The van der Waals surface area contributed by atoms with Gasteiger partial charge in [-0.2, -0.15) is 0 Å². The molecule has 9 nitrogen and oxygen atoms in total. The summed E-state index contributed by atoms with van der Waals surface area (Å²) in [6.07, 6.45) is 4.84. The zero-order valence-electron chi connectivity index (χ0n) is 24.9. The van der Waals surface area contributed by atoms with Gasteiger partial charge in [-0.1, -0.05) is 35.9 Å². The van der Waals surface area contributed by atoms with Crippen molar-refractivity contribution in [2.75, 3.05) is 50.3 Å². The topological polar surface area (TPSA) is 108 Å². The molecule has 3 fully saturated rings. The lowest BCUT2D eigenvalue weighted by atomic mass is 9.68. The Labute approximate surface area is 258 Å². The number of ether oxygens (including phenoxy) is 1. The molecule has 0 saturated carbocycles. The van der Waals surface area contributed by atoms with Crippen molar-refractivity contribution in [3.05, 3.63) is 58.1 Å². The summed E-state index contributed by atoms with van der Waals surface area (Å²) >= 11 is 6.38. The number of hydrogen-bond acceptors (Lipinski definition) is 6. The SMILES string of the molecule is Cc1cc(C[C@@H](OC(=O)N2CCC3(CC2)CC(=O)Nc2ccccc23)C(=O)N2CCC(N3CCCC3)CC2)cc(Cl)c1N. The highest BCUT2D eigenvalue weighted by molar-refractivity contribution is 6.33. The molecule has 3 N–H and O–H groups in total. The van der Waals surface area contributed by atoms with Crippen LogP contribution in [0.4, 0.5) is 16.2 Å². The second-order valence-electron chi connectivity index (χ2n) is 12.7. The van der Waals surface area contributed by atoms with E-state index < -0.39 is 12.2 Å². The molecular formula is C33H42ClN5O4. The Kier molecular flexibility index (Phi) is 8.56. The van der Waals surface area contributed by atoms with Gasteiger partial charge >= 0.3 is 6.09 Å². The van der Waals surface area contributed by atoms with Crippen molar-refractivity contribution in [2.24, 2.45) is 0 Å². The van der Waals surface area contributed by atoms with Gasteiger partial charge in [0.25, 0.3) is 5.91 Å². The zero-order chi connectivity index (χ0) is 30.1. The highest BCUT2D eigenvalue weighted by Crippen LogP contribution is 2.45. The summed E-state index contributed by atoms with van der Waals surface area (Å²) in [6, 6.07) is 12.1. The molecule has 1 spiro atoms. The summed E-state index contributed by atoms with van der Waals surface area (Å²) in [6.45, 7) is 6.38. The average molecular weight is 608 g/mol. The lowest BCUT2D eigenvalue weighted by molar-refractivity contribution is -0.142. The maximum atomic E-state index is 13.9. The first-order valence-electron chi connectivity index (χ1n) is 15.6. The Morgan fingerprint density at radius 1 is 1.05 bits per heavy atom. The largest absolute Gasteiger partial charge is 0.436 e. The van der Waals surface area contributed by atoms with Gasteiger partial charge in [0.15, 0.2) is 6.10 Å². The molecule has 230 valence electrons. The van der Waals surface area contributed by atoms with Crippen molar-refractivity contribution in [1.29, 1.82) is 0 Å².